The highest BCUT2D eigenvalue weighted by Gasteiger charge is 2.27. The van der Waals surface area contributed by atoms with Crippen LogP contribution in [0.1, 0.15) is 53.7 Å². The Hall–Kier alpha value is -3.18. The molecular formula is C30H39FN2O5S2. The van der Waals surface area contributed by atoms with Gasteiger partial charge in [0.1, 0.15) is 11.2 Å². The van der Waals surface area contributed by atoms with E-state index in [0.29, 0.717) is 16.9 Å². The fourth-order valence-electron chi connectivity index (χ4n) is 3.70. The van der Waals surface area contributed by atoms with Crippen LogP contribution in [0, 0.1) is 11.2 Å². The van der Waals surface area contributed by atoms with Crippen molar-refractivity contribution in [1.82, 2.24) is 5.32 Å². The standard InChI is InChI=1S/C22H26FNO3S.C7H9NOS.CH4O/c1-5-18(24-4)15-8-10-19(17(23)12-15)27-21(26)20-11-9-16(28-20)13-22(6-2,7-3)14-25;1-8-6-3-2-4-7(5-6)10-9;1-2/h5,8-12,14,24H,6-7,13H2,1-4H3;2-5,8-9H,1H3;2H,1H3/b18-5-;;. The average molecular weight is 591 g/mol. The van der Waals surface area contributed by atoms with Crippen molar-refractivity contribution < 1.29 is 28.4 Å². The van der Waals surface area contributed by atoms with Crippen molar-refractivity contribution in [3.05, 3.63) is 81.8 Å². The molecule has 0 fully saturated rings. The van der Waals surface area contributed by atoms with Crippen molar-refractivity contribution >= 4 is 47.0 Å². The molecule has 3 rings (SSSR count). The zero-order valence-electron chi connectivity index (χ0n) is 23.8. The first kappa shape index (κ1) is 34.8. The number of esters is 1. The van der Waals surface area contributed by atoms with Gasteiger partial charge in [-0.3, -0.25) is 0 Å². The molecule has 0 saturated carbocycles. The number of nitrogens with one attached hydrogen (secondary N) is 2. The number of thiophene rings is 1. The van der Waals surface area contributed by atoms with Crippen LogP contribution in [-0.4, -0.2) is 43.1 Å². The van der Waals surface area contributed by atoms with Gasteiger partial charge in [-0.1, -0.05) is 26.0 Å². The molecule has 0 aliphatic rings. The first-order chi connectivity index (χ1) is 19.3. The molecule has 0 atom stereocenters. The minimum absolute atomic E-state index is 0.111. The van der Waals surface area contributed by atoms with Crippen molar-refractivity contribution in [2.45, 2.75) is 44.9 Å². The molecule has 0 aliphatic carbocycles. The second-order valence-corrected chi connectivity index (χ2v) is 10.3. The van der Waals surface area contributed by atoms with Crippen LogP contribution in [0.25, 0.3) is 5.70 Å². The lowest BCUT2D eigenvalue weighted by Crippen LogP contribution is -2.23. The predicted octanol–water partition coefficient (Wildman–Crippen LogP) is 7.14. The van der Waals surface area contributed by atoms with Crippen LogP contribution >= 0.6 is 23.4 Å². The number of rotatable bonds is 11. The maximum Gasteiger partial charge on any atom is 0.353 e. The van der Waals surface area contributed by atoms with E-state index in [4.69, 9.17) is 14.4 Å². The molecule has 218 valence electrons. The second-order valence-electron chi connectivity index (χ2n) is 8.49. The molecule has 7 nitrogen and oxygen atoms in total. The monoisotopic (exact) mass is 590 g/mol. The van der Waals surface area contributed by atoms with Crippen molar-refractivity contribution in [2.75, 3.05) is 26.5 Å². The summed E-state index contributed by atoms with van der Waals surface area (Å²) in [5.41, 5.74) is 2.06. The van der Waals surface area contributed by atoms with E-state index < -0.39 is 17.2 Å². The molecular weight excluding hydrogens is 551 g/mol. The van der Waals surface area contributed by atoms with Gasteiger partial charge in [0.15, 0.2) is 11.6 Å². The van der Waals surface area contributed by atoms with Crippen molar-refractivity contribution in [3.8, 4) is 5.75 Å². The molecule has 40 heavy (non-hydrogen) atoms. The Labute approximate surface area is 244 Å². The van der Waals surface area contributed by atoms with Crippen LogP contribution in [-0.2, 0) is 11.2 Å². The molecule has 0 aliphatic heterocycles. The summed E-state index contributed by atoms with van der Waals surface area (Å²) >= 11 is 2.04. The summed E-state index contributed by atoms with van der Waals surface area (Å²) in [6.07, 6.45) is 4.90. The summed E-state index contributed by atoms with van der Waals surface area (Å²) in [5, 5.41) is 13.0. The normalized spacial score (nSPS) is 10.9. The summed E-state index contributed by atoms with van der Waals surface area (Å²) in [5.74, 6) is -1.32. The van der Waals surface area contributed by atoms with Gasteiger partial charge < -0.3 is 29.8 Å². The molecule has 0 bridgehead atoms. The van der Waals surface area contributed by atoms with Crippen molar-refractivity contribution in [2.24, 2.45) is 5.41 Å². The Bertz CT molecular complexity index is 1220. The summed E-state index contributed by atoms with van der Waals surface area (Å²) in [6.45, 7) is 5.82. The fourth-order valence-corrected chi connectivity index (χ4v) is 5.06. The molecule has 0 saturated heterocycles. The molecule has 0 unspecified atom stereocenters. The van der Waals surface area contributed by atoms with Gasteiger partial charge in [-0.25, -0.2) is 9.18 Å². The number of aldehydes is 1. The van der Waals surface area contributed by atoms with Crippen molar-refractivity contribution in [1.29, 1.82) is 0 Å². The smallest absolute Gasteiger partial charge is 0.353 e. The quantitative estimate of drug-likeness (QED) is 0.0808. The first-order valence-corrected chi connectivity index (χ1v) is 14.3. The zero-order valence-corrected chi connectivity index (χ0v) is 25.4. The molecule has 3 aromatic rings. The number of ether oxygens (including phenoxy) is 1. The molecule has 4 N–H and O–H groups in total. The number of halogens is 1. The van der Waals surface area contributed by atoms with Gasteiger partial charge >= 0.3 is 5.97 Å². The zero-order chi connectivity index (χ0) is 30.1. The van der Waals surface area contributed by atoms with Crippen LogP contribution in [0.2, 0.25) is 0 Å². The van der Waals surface area contributed by atoms with Gasteiger partial charge in [-0.05, 0) is 74.7 Å². The average Bonchev–Trinajstić information content (AvgIpc) is 3.47. The molecule has 0 spiro atoms. The predicted molar refractivity (Wildman–Crippen MR) is 164 cm³/mol. The van der Waals surface area contributed by atoms with Gasteiger partial charge in [0.05, 0.1) is 0 Å². The molecule has 0 radical (unpaired) electrons. The highest BCUT2D eigenvalue weighted by Crippen LogP contribution is 2.32. The maximum absolute atomic E-state index is 14.4. The summed E-state index contributed by atoms with van der Waals surface area (Å²) in [4.78, 5) is 26.1. The number of carbonyl (C=O) groups excluding carboxylic acids is 2. The van der Waals surface area contributed by atoms with Gasteiger partial charge in [0.25, 0.3) is 0 Å². The lowest BCUT2D eigenvalue weighted by molar-refractivity contribution is -0.116. The topological polar surface area (TPSA) is 108 Å². The van der Waals surface area contributed by atoms with Crippen LogP contribution in [0.5, 0.6) is 5.75 Å². The number of allylic oxidation sites excluding steroid dienone is 1. The van der Waals surface area contributed by atoms with E-state index in [0.717, 1.165) is 59.4 Å². The minimum atomic E-state index is -0.604. The lowest BCUT2D eigenvalue weighted by atomic mass is 9.80. The summed E-state index contributed by atoms with van der Waals surface area (Å²) < 4.78 is 28.2. The fraction of sp³-hybridized carbons (Fsp3) is 0.333. The minimum Gasteiger partial charge on any atom is -0.419 e. The highest BCUT2D eigenvalue weighted by molar-refractivity contribution is 7.93. The highest BCUT2D eigenvalue weighted by atomic mass is 32.2. The molecule has 1 heterocycles. The maximum atomic E-state index is 14.4. The van der Waals surface area contributed by atoms with Gasteiger partial charge in [0.2, 0.25) is 0 Å². The third kappa shape index (κ3) is 10.1. The number of hydrogen-bond donors (Lipinski definition) is 4. The SMILES string of the molecule is C/C=C(\NC)c1ccc(OC(=O)c2ccc(CC(C=O)(CC)CC)s2)c(F)c1.CNc1cccc(SO)c1.CO. The number of aliphatic hydroxyl groups is 1. The van der Waals surface area contributed by atoms with Crippen LogP contribution < -0.4 is 15.4 Å². The van der Waals surface area contributed by atoms with Crippen LogP contribution in [0.15, 0.2) is 65.6 Å². The van der Waals surface area contributed by atoms with Crippen LogP contribution in [0.4, 0.5) is 10.1 Å². The van der Waals surface area contributed by atoms with E-state index in [2.05, 4.69) is 10.6 Å². The molecule has 10 heteroatoms. The number of anilines is 1. The van der Waals surface area contributed by atoms with Gasteiger partial charge in [0, 0.05) is 65.4 Å². The Morgan fingerprint density at radius 3 is 2.33 bits per heavy atom. The van der Waals surface area contributed by atoms with E-state index in [-0.39, 0.29) is 5.75 Å². The van der Waals surface area contributed by atoms with E-state index in [1.54, 1.807) is 19.2 Å². The summed E-state index contributed by atoms with van der Waals surface area (Å²) in [7, 11) is 4.60. The largest absolute Gasteiger partial charge is 0.419 e. The van der Waals surface area contributed by atoms with Crippen molar-refractivity contribution in [3.63, 3.8) is 0 Å². The number of hydrogen-bond acceptors (Lipinski definition) is 9. The van der Waals surface area contributed by atoms with Gasteiger partial charge in [-0.15, -0.1) is 11.3 Å². The Morgan fingerprint density at radius 1 is 1.10 bits per heavy atom. The second kappa shape index (κ2) is 18.2. The first-order valence-electron chi connectivity index (χ1n) is 12.7. The van der Waals surface area contributed by atoms with E-state index in [9.17, 15) is 14.0 Å². The Kier molecular flexibility index (Phi) is 15.9. The van der Waals surface area contributed by atoms with Gasteiger partial charge in [-0.2, -0.15) is 0 Å². The molecule has 2 aromatic carbocycles. The Balaban J connectivity index is 0.000000555. The number of benzene rings is 2. The number of aliphatic hydroxyl groups excluding tert-OH is 1. The lowest BCUT2D eigenvalue weighted by Gasteiger charge is -2.23. The third-order valence-corrected chi connectivity index (χ3v) is 7.81. The van der Waals surface area contributed by atoms with E-state index in [1.807, 2.05) is 64.2 Å². The van der Waals surface area contributed by atoms with E-state index in [1.165, 1.54) is 23.5 Å². The summed E-state index contributed by atoms with van der Waals surface area (Å²) in [6, 6.07) is 15.5. The molecule has 1 aromatic heterocycles. The Morgan fingerprint density at radius 2 is 1.80 bits per heavy atom. The van der Waals surface area contributed by atoms with E-state index >= 15 is 0 Å². The molecule has 0 amide bonds. The van der Waals surface area contributed by atoms with Crippen LogP contribution in [0.3, 0.4) is 0 Å². The number of carbonyl (C=O) groups is 2. The third-order valence-electron chi connectivity index (χ3n) is 6.28.